The molecule has 0 saturated carbocycles. The van der Waals surface area contributed by atoms with Crippen LogP contribution in [0, 0.1) is 0 Å². The number of hydrogen-bond donors (Lipinski definition) is 1. The predicted molar refractivity (Wildman–Crippen MR) is 57.8 cm³/mol. The summed E-state index contributed by atoms with van der Waals surface area (Å²) in [6.07, 6.45) is 7.28. The fraction of sp³-hybridized carbons (Fsp3) is 0.800. The lowest BCUT2D eigenvalue weighted by Gasteiger charge is -2.17. The lowest BCUT2D eigenvalue weighted by molar-refractivity contribution is 0.575. The zero-order valence-corrected chi connectivity index (χ0v) is 8.75. The SMILES string of the molecule is C=C1CCCCN[C@H]1CCSC. The molecule has 12 heavy (non-hydrogen) atoms. The van der Waals surface area contributed by atoms with Crippen molar-refractivity contribution in [3.05, 3.63) is 12.2 Å². The molecule has 0 bridgehead atoms. The molecule has 0 amide bonds. The van der Waals surface area contributed by atoms with Gasteiger partial charge in [0.1, 0.15) is 0 Å². The van der Waals surface area contributed by atoms with Gasteiger partial charge in [-0.1, -0.05) is 12.2 Å². The van der Waals surface area contributed by atoms with Gasteiger partial charge >= 0.3 is 0 Å². The molecule has 1 aliphatic heterocycles. The van der Waals surface area contributed by atoms with E-state index in [1.165, 1.54) is 43.6 Å². The van der Waals surface area contributed by atoms with E-state index in [-0.39, 0.29) is 0 Å². The lowest BCUT2D eigenvalue weighted by Crippen LogP contribution is -2.30. The Morgan fingerprint density at radius 3 is 3.17 bits per heavy atom. The van der Waals surface area contributed by atoms with Crippen LogP contribution in [0.5, 0.6) is 0 Å². The van der Waals surface area contributed by atoms with E-state index >= 15 is 0 Å². The first-order valence-corrected chi connectivity index (χ1v) is 6.14. The van der Waals surface area contributed by atoms with Crippen LogP contribution in [-0.4, -0.2) is 24.6 Å². The van der Waals surface area contributed by atoms with Gasteiger partial charge in [-0.25, -0.2) is 0 Å². The van der Waals surface area contributed by atoms with Crippen molar-refractivity contribution in [2.75, 3.05) is 18.6 Å². The van der Waals surface area contributed by atoms with E-state index in [1.54, 1.807) is 0 Å². The lowest BCUT2D eigenvalue weighted by atomic mass is 10.0. The molecule has 0 aromatic heterocycles. The first-order valence-electron chi connectivity index (χ1n) is 4.74. The van der Waals surface area contributed by atoms with E-state index in [1.807, 2.05) is 11.8 Å². The van der Waals surface area contributed by atoms with E-state index in [0.29, 0.717) is 6.04 Å². The minimum atomic E-state index is 0.597. The van der Waals surface area contributed by atoms with E-state index in [9.17, 15) is 0 Å². The Morgan fingerprint density at radius 1 is 1.58 bits per heavy atom. The van der Waals surface area contributed by atoms with E-state index < -0.39 is 0 Å². The largest absolute Gasteiger partial charge is 0.310 e. The van der Waals surface area contributed by atoms with Gasteiger partial charge in [-0.3, -0.25) is 0 Å². The van der Waals surface area contributed by atoms with Crippen LogP contribution in [0.2, 0.25) is 0 Å². The average Bonchev–Trinajstić information content (AvgIpc) is 2.27. The molecular formula is C10H19NS. The topological polar surface area (TPSA) is 12.0 Å². The average molecular weight is 185 g/mol. The summed E-state index contributed by atoms with van der Waals surface area (Å²) in [7, 11) is 0. The van der Waals surface area contributed by atoms with Crippen LogP contribution < -0.4 is 5.32 Å². The highest BCUT2D eigenvalue weighted by atomic mass is 32.2. The normalized spacial score (nSPS) is 25.4. The molecule has 0 radical (unpaired) electrons. The summed E-state index contributed by atoms with van der Waals surface area (Å²) in [5.41, 5.74) is 1.42. The van der Waals surface area contributed by atoms with Gasteiger partial charge < -0.3 is 5.32 Å². The third-order valence-electron chi connectivity index (χ3n) is 2.42. The highest BCUT2D eigenvalue weighted by Gasteiger charge is 2.13. The van der Waals surface area contributed by atoms with Crippen LogP contribution in [0.25, 0.3) is 0 Å². The first kappa shape index (κ1) is 10.1. The molecule has 1 rings (SSSR count). The highest BCUT2D eigenvalue weighted by Crippen LogP contribution is 2.17. The van der Waals surface area contributed by atoms with Gasteiger partial charge in [-0.15, -0.1) is 0 Å². The zero-order valence-electron chi connectivity index (χ0n) is 7.94. The Labute approximate surface area is 80.0 Å². The second kappa shape index (κ2) is 5.65. The Hall–Kier alpha value is 0.0500. The molecule has 70 valence electrons. The minimum absolute atomic E-state index is 0.597. The fourth-order valence-corrected chi connectivity index (χ4v) is 2.09. The van der Waals surface area contributed by atoms with Gasteiger partial charge in [0, 0.05) is 6.04 Å². The molecule has 0 aliphatic carbocycles. The molecule has 1 N–H and O–H groups in total. The van der Waals surface area contributed by atoms with Crippen molar-refractivity contribution >= 4 is 11.8 Å². The zero-order chi connectivity index (χ0) is 8.81. The van der Waals surface area contributed by atoms with Crippen LogP contribution in [-0.2, 0) is 0 Å². The predicted octanol–water partition coefficient (Wildman–Crippen LogP) is 2.44. The quantitative estimate of drug-likeness (QED) is 0.678. The Kier molecular flexibility index (Phi) is 4.77. The molecule has 0 aromatic carbocycles. The second-order valence-electron chi connectivity index (χ2n) is 3.40. The fourth-order valence-electron chi connectivity index (χ4n) is 1.61. The minimum Gasteiger partial charge on any atom is -0.310 e. The van der Waals surface area contributed by atoms with Gasteiger partial charge in [0.2, 0.25) is 0 Å². The summed E-state index contributed by atoms with van der Waals surface area (Å²) >= 11 is 1.92. The first-order chi connectivity index (χ1) is 5.84. The number of rotatable bonds is 3. The molecule has 0 unspecified atom stereocenters. The number of nitrogens with one attached hydrogen (secondary N) is 1. The van der Waals surface area contributed by atoms with Crippen molar-refractivity contribution in [1.82, 2.24) is 5.32 Å². The van der Waals surface area contributed by atoms with Gasteiger partial charge in [0.05, 0.1) is 0 Å². The summed E-state index contributed by atoms with van der Waals surface area (Å²) in [6, 6.07) is 0.597. The summed E-state index contributed by atoms with van der Waals surface area (Å²) in [5.74, 6) is 1.25. The maximum absolute atomic E-state index is 4.14. The van der Waals surface area contributed by atoms with Gasteiger partial charge in [-0.2, -0.15) is 11.8 Å². The maximum atomic E-state index is 4.14. The molecule has 0 aromatic rings. The Balaban J connectivity index is 2.31. The van der Waals surface area contributed by atoms with Crippen molar-refractivity contribution in [3.8, 4) is 0 Å². The summed E-state index contributed by atoms with van der Waals surface area (Å²) in [6.45, 7) is 5.32. The van der Waals surface area contributed by atoms with Crippen LogP contribution >= 0.6 is 11.8 Å². The second-order valence-corrected chi connectivity index (χ2v) is 4.39. The van der Waals surface area contributed by atoms with E-state index in [2.05, 4.69) is 18.2 Å². The van der Waals surface area contributed by atoms with Crippen molar-refractivity contribution in [3.63, 3.8) is 0 Å². The van der Waals surface area contributed by atoms with Gasteiger partial charge in [0.15, 0.2) is 0 Å². The summed E-state index contributed by atoms with van der Waals surface area (Å²) < 4.78 is 0. The summed E-state index contributed by atoms with van der Waals surface area (Å²) in [4.78, 5) is 0. The van der Waals surface area contributed by atoms with Crippen LogP contribution in [0.3, 0.4) is 0 Å². The molecule has 1 saturated heterocycles. The van der Waals surface area contributed by atoms with E-state index in [0.717, 1.165) is 0 Å². The smallest absolute Gasteiger partial charge is 0.0284 e. The van der Waals surface area contributed by atoms with Gasteiger partial charge in [-0.05, 0) is 44.2 Å². The van der Waals surface area contributed by atoms with E-state index in [4.69, 9.17) is 0 Å². The maximum Gasteiger partial charge on any atom is 0.0284 e. The standard InChI is InChI=1S/C10H19NS/c1-9-5-3-4-7-11-10(9)6-8-12-2/h10-11H,1,3-8H2,2H3/t10-/m0/s1. The molecule has 0 spiro atoms. The number of hydrogen-bond acceptors (Lipinski definition) is 2. The highest BCUT2D eigenvalue weighted by molar-refractivity contribution is 7.98. The molecule has 1 aliphatic rings. The molecule has 1 nitrogen and oxygen atoms in total. The van der Waals surface area contributed by atoms with Crippen LogP contribution in [0.1, 0.15) is 25.7 Å². The van der Waals surface area contributed by atoms with Crippen molar-refractivity contribution < 1.29 is 0 Å². The Morgan fingerprint density at radius 2 is 2.42 bits per heavy atom. The molecule has 1 fully saturated rings. The third kappa shape index (κ3) is 3.20. The third-order valence-corrected chi connectivity index (χ3v) is 3.06. The van der Waals surface area contributed by atoms with Crippen LogP contribution in [0.15, 0.2) is 12.2 Å². The number of thioether (sulfide) groups is 1. The molecule has 1 atom stereocenters. The molecule has 1 heterocycles. The van der Waals surface area contributed by atoms with Crippen molar-refractivity contribution in [2.45, 2.75) is 31.7 Å². The van der Waals surface area contributed by atoms with Crippen molar-refractivity contribution in [2.24, 2.45) is 0 Å². The Bertz CT molecular complexity index is 145. The monoisotopic (exact) mass is 185 g/mol. The molecule has 2 heteroatoms. The molecular weight excluding hydrogens is 166 g/mol. The summed E-state index contributed by atoms with van der Waals surface area (Å²) in [5, 5.41) is 3.55. The van der Waals surface area contributed by atoms with Crippen LogP contribution in [0.4, 0.5) is 0 Å². The van der Waals surface area contributed by atoms with Crippen molar-refractivity contribution in [1.29, 1.82) is 0 Å². The van der Waals surface area contributed by atoms with Gasteiger partial charge in [0.25, 0.3) is 0 Å².